The van der Waals surface area contributed by atoms with Gasteiger partial charge >= 0.3 is 0 Å². The van der Waals surface area contributed by atoms with Gasteiger partial charge < -0.3 is 19.1 Å². The van der Waals surface area contributed by atoms with Gasteiger partial charge in [0, 0.05) is 42.5 Å². The summed E-state index contributed by atoms with van der Waals surface area (Å²) in [4.78, 5) is 21.1. The third kappa shape index (κ3) is 4.51. The Morgan fingerprint density at radius 2 is 1.76 bits per heavy atom. The Balaban J connectivity index is 1.33. The topological polar surface area (TPSA) is 71.7 Å². The number of hydrogen-bond donors (Lipinski definition) is 0. The monoisotopic (exact) mass is 412 g/mol. The number of aromatic nitrogens is 2. The summed E-state index contributed by atoms with van der Waals surface area (Å²) in [5.74, 6) is 1.53. The van der Waals surface area contributed by atoms with Gasteiger partial charge in [0.05, 0.1) is 7.11 Å². The molecular formula is C21H21ClN4O3. The van der Waals surface area contributed by atoms with Crippen LogP contribution in [0.1, 0.15) is 5.89 Å². The number of halogens is 1. The van der Waals surface area contributed by atoms with Crippen LogP contribution in [0.25, 0.3) is 11.4 Å². The molecule has 4 rings (SSSR count). The lowest BCUT2D eigenvalue weighted by molar-refractivity contribution is -0.131. The van der Waals surface area contributed by atoms with E-state index in [4.69, 9.17) is 20.9 Å². The van der Waals surface area contributed by atoms with Crippen molar-refractivity contribution in [2.45, 2.75) is 6.42 Å². The molecule has 29 heavy (non-hydrogen) atoms. The molecule has 0 unspecified atom stereocenters. The van der Waals surface area contributed by atoms with E-state index < -0.39 is 0 Å². The maximum absolute atomic E-state index is 12.6. The summed E-state index contributed by atoms with van der Waals surface area (Å²) in [6.45, 7) is 2.85. The number of ether oxygens (including phenoxy) is 1. The Kier molecular flexibility index (Phi) is 5.67. The number of methoxy groups -OCH3 is 1. The fraction of sp³-hybridized carbons (Fsp3) is 0.286. The summed E-state index contributed by atoms with van der Waals surface area (Å²) in [6.07, 6.45) is 0.101. The molecule has 3 aromatic rings. The SMILES string of the molecule is COc1ccc(-c2noc(CC(=O)N3CCN(c4ccc(Cl)cc4)CC3)n2)cc1. The van der Waals surface area contributed by atoms with Crippen molar-refractivity contribution in [3.63, 3.8) is 0 Å². The minimum atomic E-state index is -0.00862. The van der Waals surface area contributed by atoms with Crippen molar-refractivity contribution in [2.75, 3.05) is 38.2 Å². The lowest BCUT2D eigenvalue weighted by Crippen LogP contribution is -2.49. The first-order valence-electron chi connectivity index (χ1n) is 9.37. The normalized spacial score (nSPS) is 14.1. The number of rotatable bonds is 5. The molecule has 2 heterocycles. The number of nitrogens with zero attached hydrogens (tertiary/aromatic N) is 4. The van der Waals surface area contributed by atoms with Crippen molar-refractivity contribution >= 4 is 23.2 Å². The zero-order valence-electron chi connectivity index (χ0n) is 16.0. The number of benzene rings is 2. The highest BCUT2D eigenvalue weighted by Crippen LogP contribution is 2.21. The number of carbonyl (C=O) groups excluding carboxylic acids is 1. The molecule has 1 aromatic heterocycles. The summed E-state index contributed by atoms with van der Waals surface area (Å²) in [5, 5.41) is 4.70. The first-order chi connectivity index (χ1) is 14.1. The lowest BCUT2D eigenvalue weighted by Gasteiger charge is -2.36. The van der Waals surface area contributed by atoms with E-state index in [1.807, 2.05) is 53.4 Å². The molecule has 1 aliphatic rings. The van der Waals surface area contributed by atoms with Crippen LogP contribution in [0, 0.1) is 0 Å². The zero-order valence-corrected chi connectivity index (χ0v) is 16.8. The van der Waals surface area contributed by atoms with Gasteiger partial charge in [-0.15, -0.1) is 0 Å². The fourth-order valence-corrected chi connectivity index (χ4v) is 3.42. The molecule has 0 N–H and O–H groups in total. The van der Waals surface area contributed by atoms with Crippen molar-refractivity contribution in [2.24, 2.45) is 0 Å². The molecule has 0 atom stereocenters. The van der Waals surface area contributed by atoms with Crippen LogP contribution in [-0.4, -0.2) is 54.2 Å². The predicted octanol–water partition coefficient (Wildman–Crippen LogP) is 3.29. The average molecular weight is 413 g/mol. The number of piperazine rings is 1. The summed E-state index contributed by atoms with van der Waals surface area (Å²) in [5.41, 5.74) is 1.92. The largest absolute Gasteiger partial charge is 0.497 e. The minimum absolute atomic E-state index is 0.00862. The third-order valence-corrected chi connectivity index (χ3v) is 5.19. The van der Waals surface area contributed by atoms with Crippen LogP contribution >= 0.6 is 11.6 Å². The van der Waals surface area contributed by atoms with Crippen LogP contribution in [0.5, 0.6) is 5.75 Å². The minimum Gasteiger partial charge on any atom is -0.497 e. The molecule has 7 nitrogen and oxygen atoms in total. The quantitative estimate of drug-likeness (QED) is 0.640. The van der Waals surface area contributed by atoms with Crippen LogP contribution in [-0.2, 0) is 11.2 Å². The maximum atomic E-state index is 12.6. The van der Waals surface area contributed by atoms with Crippen LogP contribution in [0.4, 0.5) is 5.69 Å². The van der Waals surface area contributed by atoms with Gasteiger partial charge in [-0.1, -0.05) is 16.8 Å². The molecule has 2 aromatic carbocycles. The summed E-state index contributed by atoms with van der Waals surface area (Å²) >= 11 is 5.95. The van der Waals surface area contributed by atoms with Crippen molar-refractivity contribution in [1.82, 2.24) is 15.0 Å². The number of hydrogen-bond acceptors (Lipinski definition) is 6. The van der Waals surface area contributed by atoms with Gasteiger partial charge in [-0.25, -0.2) is 0 Å². The molecule has 150 valence electrons. The van der Waals surface area contributed by atoms with Gasteiger partial charge in [0.2, 0.25) is 17.6 Å². The van der Waals surface area contributed by atoms with E-state index in [1.54, 1.807) is 7.11 Å². The average Bonchev–Trinajstić information content (AvgIpc) is 3.23. The molecule has 1 aliphatic heterocycles. The van der Waals surface area contributed by atoms with Gasteiger partial charge in [0.15, 0.2) is 0 Å². The van der Waals surface area contributed by atoms with Crippen LogP contribution in [0.3, 0.4) is 0 Å². The molecular weight excluding hydrogens is 392 g/mol. The Bertz CT molecular complexity index is 964. The highest BCUT2D eigenvalue weighted by molar-refractivity contribution is 6.30. The van der Waals surface area contributed by atoms with Gasteiger partial charge in [-0.3, -0.25) is 4.79 Å². The van der Waals surface area contributed by atoms with E-state index in [0.717, 1.165) is 35.1 Å². The van der Waals surface area contributed by atoms with E-state index in [0.29, 0.717) is 24.8 Å². The van der Waals surface area contributed by atoms with E-state index in [2.05, 4.69) is 15.0 Å². The van der Waals surface area contributed by atoms with Crippen molar-refractivity contribution in [3.8, 4) is 17.1 Å². The molecule has 8 heteroatoms. The highest BCUT2D eigenvalue weighted by atomic mass is 35.5. The molecule has 1 saturated heterocycles. The molecule has 1 amide bonds. The van der Waals surface area contributed by atoms with E-state index in [9.17, 15) is 4.79 Å². The van der Waals surface area contributed by atoms with Crippen LogP contribution in [0.2, 0.25) is 5.02 Å². The fourth-order valence-electron chi connectivity index (χ4n) is 3.29. The van der Waals surface area contributed by atoms with Crippen molar-refractivity contribution in [3.05, 3.63) is 59.4 Å². The van der Waals surface area contributed by atoms with Crippen LogP contribution < -0.4 is 9.64 Å². The lowest BCUT2D eigenvalue weighted by atomic mass is 10.2. The van der Waals surface area contributed by atoms with E-state index in [1.165, 1.54) is 0 Å². The first-order valence-corrected chi connectivity index (χ1v) is 9.75. The second-order valence-corrected chi connectivity index (χ2v) is 7.20. The van der Waals surface area contributed by atoms with E-state index >= 15 is 0 Å². The Morgan fingerprint density at radius 3 is 2.41 bits per heavy atom. The number of amides is 1. The number of carbonyl (C=O) groups is 1. The zero-order chi connectivity index (χ0) is 20.2. The Hall–Kier alpha value is -3.06. The van der Waals surface area contributed by atoms with Crippen LogP contribution in [0.15, 0.2) is 53.1 Å². The summed E-state index contributed by atoms with van der Waals surface area (Å²) < 4.78 is 10.4. The highest BCUT2D eigenvalue weighted by Gasteiger charge is 2.23. The summed E-state index contributed by atoms with van der Waals surface area (Å²) in [6, 6.07) is 15.1. The predicted molar refractivity (Wildman–Crippen MR) is 110 cm³/mol. The van der Waals surface area contributed by atoms with E-state index in [-0.39, 0.29) is 12.3 Å². The summed E-state index contributed by atoms with van der Waals surface area (Å²) in [7, 11) is 1.61. The molecule has 0 radical (unpaired) electrons. The Labute approximate surface area is 173 Å². The number of anilines is 1. The smallest absolute Gasteiger partial charge is 0.236 e. The molecule has 0 spiro atoms. The molecule has 0 bridgehead atoms. The molecule has 0 saturated carbocycles. The molecule has 0 aliphatic carbocycles. The second-order valence-electron chi connectivity index (χ2n) is 6.76. The molecule has 1 fully saturated rings. The Morgan fingerprint density at radius 1 is 1.07 bits per heavy atom. The first kappa shape index (κ1) is 19.3. The van der Waals surface area contributed by atoms with Gasteiger partial charge in [-0.05, 0) is 48.5 Å². The van der Waals surface area contributed by atoms with Gasteiger partial charge in [0.25, 0.3) is 0 Å². The standard InChI is InChI=1S/C21H21ClN4O3/c1-28-18-8-2-15(3-9-18)21-23-19(29-24-21)14-20(27)26-12-10-25(11-13-26)17-6-4-16(22)5-7-17/h2-9H,10-14H2,1H3. The van der Waals surface area contributed by atoms with Crippen molar-refractivity contribution in [1.29, 1.82) is 0 Å². The van der Waals surface area contributed by atoms with Crippen molar-refractivity contribution < 1.29 is 14.1 Å². The van der Waals surface area contributed by atoms with Gasteiger partial charge in [0.1, 0.15) is 12.2 Å². The maximum Gasteiger partial charge on any atom is 0.236 e. The van der Waals surface area contributed by atoms with Gasteiger partial charge in [-0.2, -0.15) is 4.98 Å². The second kappa shape index (κ2) is 8.53. The third-order valence-electron chi connectivity index (χ3n) is 4.94.